The first-order chi connectivity index (χ1) is 17.4. The molecule has 0 saturated heterocycles. The molecule has 37 heavy (non-hydrogen) atoms. The zero-order valence-electron chi connectivity index (χ0n) is 19.7. The highest BCUT2D eigenvalue weighted by atomic mass is 16.3. The standard InChI is InChI=1S/C27H25NO9/c1-10-17-13(12-4-2-3-11(7-12)9-29)5-6-15(30)19(17)23(33)21-18(10)22(32)14-8-16(31)20(26(28)36)24(34)27(14,37)25(21)35/h2-7,9-10,14,16,18,20,22,30-33,37H,8H2,1H3,(H2,28,36)/t10-,14+,16?,18+,20?,22+,27+/m0/s1. The molecule has 0 spiro atoms. The van der Waals surface area contributed by atoms with Crippen LogP contribution in [0.4, 0.5) is 0 Å². The van der Waals surface area contributed by atoms with Crippen molar-refractivity contribution in [3.8, 4) is 16.9 Å². The lowest BCUT2D eigenvalue weighted by atomic mass is 9.53. The molecule has 7 atom stereocenters. The maximum Gasteiger partial charge on any atom is 0.230 e. The summed E-state index contributed by atoms with van der Waals surface area (Å²) in [6.07, 6.45) is -2.99. The number of nitrogens with two attached hydrogens (primary N) is 1. The molecule has 5 rings (SSSR count). The first-order valence-corrected chi connectivity index (χ1v) is 11.8. The number of hydrogen-bond acceptors (Lipinski definition) is 9. The Balaban J connectivity index is 1.75. The summed E-state index contributed by atoms with van der Waals surface area (Å²) in [5, 5.41) is 55.2. The number of hydrogen-bond donors (Lipinski definition) is 6. The number of benzene rings is 2. The molecule has 2 aromatic carbocycles. The normalized spacial score (nSPS) is 32.9. The zero-order valence-corrected chi connectivity index (χ0v) is 19.7. The molecule has 192 valence electrons. The van der Waals surface area contributed by atoms with Gasteiger partial charge >= 0.3 is 0 Å². The second-order valence-corrected chi connectivity index (χ2v) is 9.98. The van der Waals surface area contributed by atoms with E-state index in [9.17, 15) is 44.7 Å². The smallest absolute Gasteiger partial charge is 0.230 e. The molecule has 0 heterocycles. The van der Waals surface area contributed by atoms with Gasteiger partial charge in [0.1, 0.15) is 23.7 Å². The Hall–Kier alpha value is -3.86. The summed E-state index contributed by atoms with van der Waals surface area (Å²) >= 11 is 0. The number of aromatic hydroxyl groups is 1. The number of amides is 1. The Morgan fingerprint density at radius 1 is 1.14 bits per heavy atom. The minimum atomic E-state index is -2.90. The number of phenolic OH excluding ortho intramolecular Hbond substituents is 1. The summed E-state index contributed by atoms with van der Waals surface area (Å²) in [6, 6.07) is 9.51. The van der Waals surface area contributed by atoms with Crippen molar-refractivity contribution in [3.05, 3.63) is 58.7 Å². The lowest BCUT2D eigenvalue weighted by molar-refractivity contribution is -0.186. The molecule has 10 heteroatoms. The number of fused-ring (bicyclic) bond motifs is 3. The highest BCUT2D eigenvalue weighted by Crippen LogP contribution is 2.56. The zero-order chi connectivity index (χ0) is 27.0. The van der Waals surface area contributed by atoms with Gasteiger partial charge in [0.15, 0.2) is 11.4 Å². The minimum Gasteiger partial charge on any atom is -0.507 e. The van der Waals surface area contributed by atoms with Crippen molar-refractivity contribution in [1.82, 2.24) is 0 Å². The predicted octanol–water partition coefficient (Wildman–Crippen LogP) is 0.600. The molecule has 2 fully saturated rings. The highest BCUT2D eigenvalue weighted by molar-refractivity contribution is 6.25. The Bertz CT molecular complexity index is 1410. The number of rotatable bonds is 3. The van der Waals surface area contributed by atoms with Crippen LogP contribution in [0.1, 0.15) is 40.7 Å². The molecule has 1 amide bonds. The van der Waals surface area contributed by atoms with Gasteiger partial charge < -0.3 is 31.3 Å². The molecule has 3 aliphatic carbocycles. The van der Waals surface area contributed by atoms with Crippen molar-refractivity contribution in [3.63, 3.8) is 0 Å². The molecular weight excluding hydrogens is 482 g/mol. The minimum absolute atomic E-state index is 0.106. The molecule has 0 aliphatic heterocycles. The van der Waals surface area contributed by atoms with Crippen LogP contribution in [0.25, 0.3) is 16.9 Å². The van der Waals surface area contributed by atoms with Crippen LogP contribution in [0.15, 0.2) is 42.0 Å². The number of carbonyl (C=O) groups excluding carboxylic acids is 4. The molecule has 2 aromatic rings. The van der Waals surface area contributed by atoms with E-state index in [4.69, 9.17) is 5.73 Å². The van der Waals surface area contributed by atoms with Crippen LogP contribution in [0.5, 0.6) is 5.75 Å². The van der Waals surface area contributed by atoms with Crippen LogP contribution in [-0.4, -0.2) is 67.1 Å². The summed E-state index contributed by atoms with van der Waals surface area (Å²) < 4.78 is 0. The van der Waals surface area contributed by atoms with Crippen LogP contribution in [-0.2, 0) is 14.4 Å². The molecule has 7 N–H and O–H groups in total. The maximum absolute atomic E-state index is 13.7. The van der Waals surface area contributed by atoms with Gasteiger partial charge in [0.25, 0.3) is 0 Å². The number of Topliss-reactive ketones (excluding diaryl/α,β-unsaturated/α-hetero) is 2. The van der Waals surface area contributed by atoms with E-state index in [0.29, 0.717) is 28.5 Å². The molecule has 3 aliphatic rings. The fraction of sp³-hybridized carbons (Fsp3) is 0.333. The Morgan fingerprint density at radius 2 is 1.84 bits per heavy atom. The quantitative estimate of drug-likeness (QED) is 0.255. The third-order valence-corrected chi connectivity index (χ3v) is 8.13. The van der Waals surface area contributed by atoms with Crippen molar-refractivity contribution in [1.29, 1.82) is 0 Å². The van der Waals surface area contributed by atoms with Crippen LogP contribution in [0.3, 0.4) is 0 Å². The monoisotopic (exact) mass is 507 g/mol. The van der Waals surface area contributed by atoms with Gasteiger partial charge in [-0.1, -0.05) is 31.2 Å². The predicted molar refractivity (Wildman–Crippen MR) is 128 cm³/mol. The molecule has 2 unspecified atom stereocenters. The molecule has 0 bridgehead atoms. The van der Waals surface area contributed by atoms with Crippen LogP contribution in [0, 0.1) is 17.8 Å². The fourth-order valence-electron chi connectivity index (χ4n) is 6.41. The number of aliphatic hydroxyl groups is 4. The Morgan fingerprint density at radius 3 is 2.49 bits per heavy atom. The first-order valence-electron chi connectivity index (χ1n) is 11.8. The number of primary amides is 1. The molecule has 0 aromatic heterocycles. The van der Waals surface area contributed by atoms with E-state index in [0.717, 1.165) is 0 Å². The summed E-state index contributed by atoms with van der Waals surface area (Å²) in [5.41, 5.74) is 3.69. The second-order valence-electron chi connectivity index (χ2n) is 9.98. The van der Waals surface area contributed by atoms with Gasteiger partial charge in [0.2, 0.25) is 11.7 Å². The van der Waals surface area contributed by atoms with E-state index in [1.165, 1.54) is 6.07 Å². The van der Waals surface area contributed by atoms with Crippen LogP contribution in [0.2, 0.25) is 0 Å². The van der Waals surface area contributed by atoms with Gasteiger partial charge in [-0.15, -0.1) is 0 Å². The van der Waals surface area contributed by atoms with Crippen molar-refractivity contribution in [2.24, 2.45) is 23.5 Å². The first kappa shape index (κ1) is 24.8. The topological polar surface area (TPSA) is 195 Å². The van der Waals surface area contributed by atoms with Crippen molar-refractivity contribution < 1.29 is 44.7 Å². The average molecular weight is 507 g/mol. The fourth-order valence-corrected chi connectivity index (χ4v) is 6.41. The number of aldehydes is 1. The second kappa shape index (κ2) is 8.34. The summed E-state index contributed by atoms with van der Waals surface area (Å²) in [6.45, 7) is 1.66. The van der Waals surface area contributed by atoms with Crippen molar-refractivity contribution in [2.45, 2.75) is 37.1 Å². The van der Waals surface area contributed by atoms with Crippen LogP contribution < -0.4 is 5.73 Å². The number of ketones is 2. The van der Waals surface area contributed by atoms with Gasteiger partial charge in [-0.05, 0) is 41.2 Å². The van der Waals surface area contributed by atoms with Gasteiger partial charge in [0, 0.05) is 23.0 Å². The summed E-state index contributed by atoms with van der Waals surface area (Å²) in [4.78, 5) is 50.0. The molecule has 10 nitrogen and oxygen atoms in total. The summed E-state index contributed by atoms with van der Waals surface area (Å²) in [5.74, 6) is -10.1. The van der Waals surface area contributed by atoms with Gasteiger partial charge in [-0.2, -0.15) is 0 Å². The number of carbonyl (C=O) groups is 4. The lowest BCUT2D eigenvalue weighted by Gasteiger charge is -2.52. The maximum atomic E-state index is 13.7. The summed E-state index contributed by atoms with van der Waals surface area (Å²) in [7, 11) is 0. The van der Waals surface area contributed by atoms with Crippen LogP contribution >= 0.6 is 0 Å². The highest BCUT2D eigenvalue weighted by Gasteiger charge is 2.67. The molecular formula is C27H25NO9. The van der Waals surface area contributed by atoms with E-state index in [1.54, 1.807) is 37.3 Å². The average Bonchev–Trinajstić information content (AvgIpc) is 2.86. The molecule has 2 saturated carbocycles. The third-order valence-electron chi connectivity index (χ3n) is 8.13. The van der Waals surface area contributed by atoms with Gasteiger partial charge in [-0.25, -0.2) is 0 Å². The van der Waals surface area contributed by atoms with E-state index in [2.05, 4.69) is 0 Å². The molecule has 0 radical (unpaired) electrons. The Kier molecular flexibility index (Phi) is 5.59. The van der Waals surface area contributed by atoms with Crippen molar-refractivity contribution >= 4 is 29.5 Å². The lowest BCUT2D eigenvalue weighted by Crippen LogP contribution is -2.70. The largest absolute Gasteiger partial charge is 0.507 e. The third kappa shape index (κ3) is 3.23. The van der Waals surface area contributed by atoms with E-state index >= 15 is 0 Å². The number of phenols is 1. The van der Waals surface area contributed by atoms with E-state index in [1.807, 2.05) is 0 Å². The van der Waals surface area contributed by atoms with Gasteiger partial charge in [0.05, 0.1) is 17.8 Å². The van der Waals surface area contributed by atoms with Crippen molar-refractivity contribution in [2.75, 3.05) is 0 Å². The van der Waals surface area contributed by atoms with Gasteiger partial charge in [-0.3, -0.25) is 19.2 Å². The van der Waals surface area contributed by atoms with E-state index < -0.39 is 76.7 Å². The van der Waals surface area contributed by atoms with E-state index in [-0.39, 0.29) is 11.3 Å². The Labute approximate surface area is 210 Å². The SMILES string of the molecule is C[C@H]1c2c(-c3cccc(C=O)c3)ccc(O)c2C(O)=C2C(=O)[C@]3(O)C(=O)C(C(N)=O)C(O)C[C@@H]3[C@@H](O)[C@@H]21. The number of aliphatic hydroxyl groups excluding tert-OH is 3.